The molecule has 0 bridgehead atoms. The van der Waals surface area contributed by atoms with Crippen molar-refractivity contribution in [3.63, 3.8) is 0 Å². The second kappa shape index (κ2) is 8.29. The Morgan fingerprint density at radius 1 is 1.09 bits per heavy atom. The number of hydrogen-bond donors (Lipinski definition) is 1. The van der Waals surface area contributed by atoms with Crippen LogP contribution in [-0.2, 0) is 0 Å². The Morgan fingerprint density at radius 3 is 2.62 bits per heavy atom. The summed E-state index contributed by atoms with van der Waals surface area (Å²) in [7, 11) is 3.50. The van der Waals surface area contributed by atoms with Crippen LogP contribution in [0.15, 0.2) is 24.4 Å². The molecule has 32 heavy (non-hydrogen) atoms. The molecule has 1 aromatic carbocycles. The number of aromatic nitrogens is 4. The van der Waals surface area contributed by atoms with Crippen molar-refractivity contribution < 1.29 is 14.2 Å². The van der Waals surface area contributed by atoms with E-state index in [2.05, 4.69) is 27.2 Å². The Labute approximate surface area is 186 Å². The van der Waals surface area contributed by atoms with Crippen LogP contribution in [0.4, 0.5) is 10.2 Å². The molecule has 5 rings (SSSR count). The zero-order valence-electron chi connectivity index (χ0n) is 18.7. The third kappa shape index (κ3) is 3.80. The molecular formula is C23H29FN6O2. The summed E-state index contributed by atoms with van der Waals surface area (Å²) >= 11 is 0. The van der Waals surface area contributed by atoms with Gasteiger partial charge >= 0.3 is 6.01 Å². The Kier molecular flexibility index (Phi) is 5.46. The molecule has 1 unspecified atom stereocenters. The number of fused-ring (bicyclic) bond motifs is 1. The van der Waals surface area contributed by atoms with Gasteiger partial charge in [0.05, 0.1) is 24.9 Å². The number of hydrogen-bond acceptors (Lipinski definition) is 7. The van der Waals surface area contributed by atoms with Gasteiger partial charge in [-0.05, 0) is 56.6 Å². The molecule has 4 heterocycles. The van der Waals surface area contributed by atoms with Gasteiger partial charge in [-0.25, -0.2) is 9.07 Å². The van der Waals surface area contributed by atoms with Crippen molar-refractivity contribution in [2.75, 3.05) is 45.2 Å². The number of halogens is 1. The second-order valence-electron chi connectivity index (χ2n) is 8.96. The fraction of sp³-hybridized carbons (Fsp3) is 0.522. The van der Waals surface area contributed by atoms with E-state index in [1.807, 2.05) is 36.0 Å². The van der Waals surface area contributed by atoms with Crippen LogP contribution in [0.2, 0.25) is 0 Å². The third-order valence-electron chi connectivity index (χ3n) is 6.67. The van der Waals surface area contributed by atoms with Crippen LogP contribution >= 0.6 is 0 Å². The summed E-state index contributed by atoms with van der Waals surface area (Å²) in [6.07, 6.45) is 2.05. The molecular weight excluding hydrogens is 411 g/mol. The minimum absolute atomic E-state index is 0.125. The molecule has 2 aromatic heterocycles. The van der Waals surface area contributed by atoms with E-state index in [-0.39, 0.29) is 18.0 Å². The second-order valence-corrected chi connectivity index (χ2v) is 8.96. The topological polar surface area (TPSA) is 79.5 Å². The van der Waals surface area contributed by atoms with Gasteiger partial charge in [0.15, 0.2) is 5.82 Å². The van der Waals surface area contributed by atoms with E-state index in [4.69, 9.17) is 4.74 Å². The number of alkyl halides is 1. The molecule has 2 saturated heterocycles. The van der Waals surface area contributed by atoms with Gasteiger partial charge in [-0.2, -0.15) is 15.1 Å². The van der Waals surface area contributed by atoms with Crippen molar-refractivity contribution >= 4 is 16.7 Å². The number of likely N-dealkylation sites (tertiary alicyclic amines) is 1. The molecule has 2 aliphatic rings. The third-order valence-corrected chi connectivity index (χ3v) is 6.67. The maximum Gasteiger partial charge on any atom is 0.320 e. The number of aryl methyl sites for hydroxylation is 1. The fourth-order valence-electron chi connectivity index (χ4n) is 4.91. The lowest BCUT2D eigenvalue weighted by atomic mass is 9.85. The maximum atomic E-state index is 14.9. The van der Waals surface area contributed by atoms with Gasteiger partial charge in [-0.15, -0.1) is 0 Å². The van der Waals surface area contributed by atoms with Gasteiger partial charge < -0.3 is 19.6 Å². The van der Waals surface area contributed by atoms with Crippen molar-refractivity contribution in [3.05, 3.63) is 35.5 Å². The number of aliphatic hydroxyl groups excluding tert-OH is 1. The zero-order chi connectivity index (χ0) is 22.4. The molecule has 0 spiro atoms. The van der Waals surface area contributed by atoms with E-state index in [1.54, 1.807) is 4.68 Å². The van der Waals surface area contributed by atoms with Crippen LogP contribution in [0.5, 0.6) is 6.01 Å². The summed E-state index contributed by atoms with van der Waals surface area (Å²) in [5.74, 6) is 1.15. The van der Waals surface area contributed by atoms with E-state index >= 15 is 0 Å². The quantitative estimate of drug-likeness (QED) is 0.668. The normalized spacial score (nSPS) is 24.4. The summed E-state index contributed by atoms with van der Waals surface area (Å²) in [5.41, 5.74) is 3.00. The molecule has 9 heteroatoms. The molecule has 0 radical (unpaired) electrons. The van der Waals surface area contributed by atoms with Gasteiger partial charge in [0.2, 0.25) is 0 Å². The summed E-state index contributed by atoms with van der Waals surface area (Å²) in [6, 6.07) is 6.25. The lowest BCUT2D eigenvalue weighted by Gasteiger charge is -2.33. The van der Waals surface area contributed by atoms with Crippen LogP contribution in [0.1, 0.15) is 29.9 Å². The van der Waals surface area contributed by atoms with Crippen LogP contribution in [0.25, 0.3) is 16.7 Å². The van der Waals surface area contributed by atoms with Crippen LogP contribution in [-0.4, -0.2) is 82.4 Å². The predicted octanol–water partition coefficient (Wildman–Crippen LogP) is 2.46. The Balaban J connectivity index is 1.57. The molecule has 2 fully saturated rings. The number of piperidine rings is 1. The maximum absolute atomic E-state index is 14.9. The van der Waals surface area contributed by atoms with Crippen molar-refractivity contribution in [2.45, 2.75) is 38.0 Å². The van der Waals surface area contributed by atoms with E-state index in [0.29, 0.717) is 31.1 Å². The average molecular weight is 441 g/mol. The molecule has 0 saturated carbocycles. The molecule has 0 aliphatic carbocycles. The lowest BCUT2D eigenvalue weighted by Crippen LogP contribution is -2.38. The molecule has 0 amide bonds. The predicted molar refractivity (Wildman–Crippen MR) is 121 cm³/mol. The smallest absolute Gasteiger partial charge is 0.320 e. The highest BCUT2D eigenvalue weighted by atomic mass is 19.1. The number of benzene rings is 1. The highest BCUT2D eigenvalue weighted by molar-refractivity contribution is 5.82. The van der Waals surface area contributed by atoms with Gasteiger partial charge in [0.25, 0.3) is 0 Å². The average Bonchev–Trinajstić information content (AvgIpc) is 3.39. The summed E-state index contributed by atoms with van der Waals surface area (Å²) in [6.45, 7) is 4.63. The van der Waals surface area contributed by atoms with Crippen molar-refractivity contribution in [1.82, 2.24) is 24.6 Å². The first-order valence-corrected chi connectivity index (χ1v) is 11.1. The highest BCUT2D eigenvalue weighted by Gasteiger charge is 2.30. The lowest BCUT2D eigenvalue weighted by molar-refractivity contribution is 0.139. The number of β-amino-alcohol motifs (C(OH)–C–C–N with tert-alkyl or cyclic N) is 1. The molecule has 3 atom stereocenters. The van der Waals surface area contributed by atoms with E-state index in [0.717, 1.165) is 41.5 Å². The molecule has 3 aromatic rings. The monoisotopic (exact) mass is 440 g/mol. The Morgan fingerprint density at radius 2 is 1.91 bits per heavy atom. The Hall–Kier alpha value is -2.78. The van der Waals surface area contributed by atoms with Gasteiger partial charge in [-0.1, -0.05) is 0 Å². The van der Waals surface area contributed by atoms with Crippen molar-refractivity contribution in [2.24, 2.45) is 0 Å². The SMILES string of the molecule is COc1nc(N2CCC(O)C2)cc(-n2ncc3cc(C)c([C@@H]4CCN(C)C[C@@H]4F)cc32)n1. The van der Waals surface area contributed by atoms with Gasteiger partial charge in [-0.3, -0.25) is 0 Å². The molecule has 1 N–H and O–H groups in total. The number of rotatable bonds is 4. The van der Waals surface area contributed by atoms with Crippen LogP contribution in [0.3, 0.4) is 0 Å². The first-order valence-electron chi connectivity index (χ1n) is 11.1. The first kappa shape index (κ1) is 21.1. The van der Waals surface area contributed by atoms with E-state index < -0.39 is 6.17 Å². The summed E-state index contributed by atoms with van der Waals surface area (Å²) in [5, 5.41) is 15.5. The van der Waals surface area contributed by atoms with E-state index in [1.165, 1.54) is 7.11 Å². The number of methoxy groups -OCH3 is 1. The number of nitrogens with zero attached hydrogens (tertiary/aromatic N) is 6. The molecule has 170 valence electrons. The number of aliphatic hydroxyl groups is 1. The molecule has 8 nitrogen and oxygen atoms in total. The van der Waals surface area contributed by atoms with Crippen LogP contribution < -0.4 is 9.64 Å². The summed E-state index contributed by atoms with van der Waals surface area (Å²) in [4.78, 5) is 13.1. The van der Waals surface area contributed by atoms with E-state index in [9.17, 15) is 9.50 Å². The van der Waals surface area contributed by atoms with Gasteiger partial charge in [0.1, 0.15) is 12.0 Å². The highest BCUT2D eigenvalue weighted by Crippen LogP contribution is 2.35. The minimum atomic E-state index is -0.895. The van der Waals surface area contributed by atoms with Crippen molar-refractivity contribution in [3.8, 4) is 11.8 Å². The minimum Gasteiger partial charge on any atom is -0.467 e. The number of anilines is 1. The zero-order valence-corrected chi connectivity index (χ0v) is 18.7. The largest absolute Gasteiger partial charge is 0.467 e. The van der Waals surface area contributed by atoms with Crippen molar-refractivity contribution in [1.29, 1.82) is 0 Å². The molecule has 2 aliphatic heterocycles. The number of ether oxygens (including phenoxy) is 1. The fourth-order valence-corrected chi connectivity index (χ4v) is 4.91. The first-order chi connectivity index (χ1) is 15.4. The van der Waals surface area contributed by atoms with Crippen LogP contribution in [0, 0.1) is 6.92 Å². The summed E-state index contributed by atoms with van der Waals surface area (Å²) < 4.78 is 22.1. The Bertz CT molecular complexity index is 1140. The standard InChI is InChI=1S/C23H29FN6O2/c1-14-8-15-11-25-30(20(15)9-18(14)17-5-6-28(2)13-19(17)24)22-10-21(26-23(27-22)32-3)29-7-4-16(31)12-29/h8-11,16-17,19,31H,4-7,12-13H2,1-3H3/t16?,17-,19-/m0/s1. The van der Waals surface area contributed by atoms with Gasteiger partial charge in [0, 0.05) is 37.0 Å².